The van der Waals surface area contributed by atoms with E-state index in [1.807, 2.05) is 0 Å². The number of unbranched alkanes of at least 4 members (excludes halogenated alkanes) is 32. The molecule has 0 heterocycles. The Balaban J connectivity index is 3.70. The van der Waals surface area contributed by atoms with Gasteiger partial charge in [-0.25, -0.2) is 4.18 Å². The molecule has 0 aromatic rings. The van der Waals surface area contributed by atoms with Gasteiger partial charge in [-0.1, -0.05) is 231 Å². The SMILES string of the molecule is CCCCCCCCCCCCCCCCC/C=C/C(CCCCCCCCCCCCCCCCCCCC)COS(=O)(=O)O. The van der Waals surface area contributed by atoms with Gasteiger partial charge in [0, 0.05) is 5.92 Å². The highest BCUT2D eigenvalue weighted by molar-refractivity contribution is 7.80. The van der Waals surface area contributed by atoms with Crippen LogP contribution in [0.1, 0.15) is 239 Å². The molecule has 0 aromatic heterocycles. The quantitative estimate of drug-likeness (QED) is 0.0401. The topological polar surface area (TPSA) is 63.6 Å². The van der Waals surface area contributed by atoms with Crippen LogP contribution in [-0.2, 0) is 14.6 Å². The lowest BCUT2D eigenvalue weighted by Crippen LogP contribution is -2.12. The van der Waals surface area contributed by atoms with E-state index in [4.69, 9.17) is 8.74 Å². The van der Waals surface area contributed by atoms with Crippen molar-refractivity contribution in [3.05, 3.63) is 12.2 Å². The third kappa shape index (κ3) is 39.8. The minimum absolute atomic E-state index is 0.0488. The fraction of sp³-hybridized carbons (Fsp3) is 0.951. The van der Waals surface area contributed by atoms with Gasteiger partial charge in [0.15, 0.2) is 0 Å². The van der Waals surface area contributed by atoms with Crippen molar-refractivity contribution in [3.8, 4) is 0 Å². The van der Waals surface area contributed by atoms with Crippen molar-refractivity contribution in [2.45, 2.75) is 239 Å². The van der Waals surface area contributed by atoms with Crippen LogP contribution in [0.4, 0.5) is 0 Å². The Bertz CT molecular complexity index is 705. The summed E-state index contributed by atoms with van der Waals surface area (Å²) in [5.41, 5.74) is 0. The standard InChI is InChI=1S/C41H82O4S/c1-3-5-7-9-11-13-15-17-19-21-23-25-27-29-31-33-35-37-39-41(40-45-46(42,43)44)38-36-34-32-30-28-26-24-22-20-18-16-14-12-10-8-6-4-2/h36,38,41H,3-35,37,39-40H2,1-2H3,(H,42,43,44)/b38-36+. The summed E-state index contributed by atoms with van der Waals surface area (Å²) in [4.78, 5) is 0. The van der Waals surface area contributed by atoms with Crippen LogP contribution in [0.15, 0.2) is 12.2 Å². The molecule has 0 amide bonds. The smallest absolute Gasteiger partial charge is 0.264 e. The molecule has 276 valence electrons. The molecule has 0 aromatic carbocycles. The minimum Gasteiger partial charge on any atom is -0.264 e. The molecule has 0 bridgehead atoms. The normalized spacial score (nSPS) is 12.8. The second kappa shape index (κ2) is 37.4. The lowest BCUT2D eigenvalue weighted by molar-refractivity contribution is 0.234. The molecule has 1 atom stereocenters. The van der Waals surface area contributed by atoms with Gasteiger partial charge >= 0.3 is 10.4 Å². The molecule has 4 nitrogen and oxygen atoms in total. The highest BCUT2D eigenvalue weighted by atomic mass is 32.3. The molecule has 0 saturated heterocycles. The molecule has 1 unspecified atom stereocenters. The minimum atomic E-state index is -4.38. The van der Waals surface area contributed by atoms with Gasteiger partial charge in [0.05, 0.1) is 6.61 Å². The zero-order valence-electron chi connectivity index (χ0n) is 31.3. The number of hydrogen-bond donors (Lipinski definition) is 1. The molecule has 0 fully saturated rings. The predicted octanol–water partition coefficient (Wildman–Crippen LogP) is 14.7. The molecule has 46 heavy (non-hydrogen) atoms. The Morgan fingerprint density at radius 2 is 0.739 bits per heavy atom. The van der Waals surface area contributed by atoms with Gasteiger partial charge in [-0.15, -0.1) is 0 Å². The summed E-state index contributed by atoms with van der Waals surface area (Å²) in [6.07, 6.45) is 51.4. The fourth-order valence-corrected chi connectivity index (χ4v) is 6.99. The van der Waals surface area contributed by atoms with Crippen LogP contribution in [0.2, 0.25) is 0 Å². The van der Waals surface area contributed by atoms with Crippen molar-refractivity contribution >= 4 is 10.4 Å². The van der Waals surface area contributed by atoms with Gasteiger partial charge < -0.3 is 0 Å². The van der Waals surface area contributed by atoms with Gasteiger partial charge in [-0.05, 0) is 19.3 Å². The van der Waals surface area contributed by atoms with Crippen molar-refractivity contribution in [1.29, 1.82) is 0 Å². The Labute approximate surface area is 290 Å². The third-order valence-corrected chi connectivity index (χ3v) is 10.2. The van der Waals surface area contributed by atoms with Crippen LogP contribution in [0.3, 0.4) is 0 Å². The number of allylic oxidation sites excluding steroid dienone is 1. The van der Waals surface area contributed by atoms with Crippen molar-refractivity contribution in [2.24, 2.45) is 5.92 Å². The average molecular weight is 671 g/mol. The van der Waals surface area contributed by atoms with E-state index in [0.717, 1.165) is 19.3 Å². The highest BCUT2D eigenvalue weighted by Crippen LogP contribution is 2.18. The lowest BCUT2D eigenvalue weighted by Gasteiger charge is -2.12. The fourth-order valence-electron chi connectivity index (χ4n) is 6.64. The van der Waals surface area contributed by atoms with E-state index in [1.54, 1.807) is 0 Å². The first-order valence-corrected chi connectivity index (χ1v) is 22.1. The first kappa shape index (κ1) is 45.6. The molecule has 0 spiro atoms. The molecular weight excluding hydrogens is 589 g/mol. The van der Waals surface area contributed by atoms with Gasteiger partial charge in [-0.2, -0.15) is 8.42 Å². The van der Waals surface area contributed by atoms with Gasteiger partial charge in [0.25, 0.3) is 0 Å². The van der Waals surface area contributed by atoms with Crippen molar-refractivity contribution in [1.82, 2.24) is 0 Å². The number of hydrogen-bond acceptors (Lipinski definition) is 3. The van der Waals surface area contributed by atoms with E-state index in [0.29, 0.717) is 0 Å². The predicted molar refractivity (Wildman–Crippen MR) is 203 cm³/mol. The summed E-state index contributed by atoms with van der Waals surface area (Å²) < 4.78 is 36.0. The Kier molecular flexibility index (Phi) is 37.1. The lowest BCUT2D eigenvalue weighted by atomic mass is 9.99. The van der Waals surface area contributed by atoms with E-state index in [1.165, 1.54) is 205 Å². The zero-order valence-corrected chi connectivity index (χ0v) is 32.1. The highest BCUT2D eigenvalue weighted by Gasteiger charge is 2.11. The van der Waals surface area contributed by atoms with Crippen molar-refractivity contribution in [3.63, 3.8) is 0 Å². The molecule has 0 saturated carbocycles. The van der Waals surface area contributed by atoms with Crippen LogP contribution < -0.4 is 0 Å². The molecule has 1 N–H and O–H groups in total. The van der Waals surface area contributed by atoms with Gasteiger partial charge in [0.1, 0.15) is 0 Å². The molecular formula is C41H82O4S. The first-order valence-electron chi connectivity index (χ1n) is 20.8. The molecule has 0 rings (SSSR count). The molecule has 0 aliphatic heterocycles. The average Bonchev–Trinajstić information content (AvgIpc) is 3.03. The molecule has 0 radical (unpaired) electrons. The van der Waals surface area contributed by atoms with E-state index in [2.05, 4.69) is 26.0 Å². The second-order valence-electron chi connectivity index (χ2n) is 14.4. The van der Waals surface area contributed by atoms with Crippen LogP contribution >= 0.6 is 0 Å². The molecule has 0 aliphatic rings. The van der Waals surface area contributed by atoms with E-state index in [-0.39, 0.29) is 12.5 Å². The number of rotatable bonds is 39. The Hall–Kier alpha value is -0.390. The maximum Gasteiger partial charge on any atom is 0.397 e. The maximum atomic E-state index is 11.1. The van der Waals surface area contributed by atoms with Crippen LogP contribution in [0.5, 0.6) is 0 Å². The maximum absolute atomic E-state index is 11.1. The van der Waals surface area contributed by atoms with E-state index >= 15 is 0 Å². The van der Waals surface area contributed by atoms with Crippen LogP contribution in [0.25, 0.3) is 0 Å². The van der Waals surface area contributed by atoms with Crippen LogP contribution in [-0.4, -0.2) is 19.6 Å². The second-order valence-corrected chi connectivity index (χ2v) is 15.5. The van der Waals surface area contributed by atoms with E-state index in [9.17, 15) is 8.42 Å². The van der Waals surface area contributed by atoms with E-state index < -0.39 is 10.4 Å². The summed E-state index contributed by atoms with van der Waals surface area (Å²) in [5, 5.41) is 0. The summed E-state index contributed by atoms with van der Waals surface area (Å²) in [6, 6.07) is 0. The monoisotopic (exact) mass is 671 g/mol. The summed E-state index contributed by atoms with van der Waals surface area (Å²) >= 11 is 0. The van der Waals surface area contributed by atoms with Gasteiger partial charge in [-0.3, -0.25) is 4.55 Å². The van der Waals surface area contributed by atoms with Gasteiger partial charge in [0.2, 0.25) is 0 Å². The zero-order chi connectivity index (χ0) is 33.7. The summed E-state index contributed by atoms with van der Waals surface area (Å²) in [6.45, 7) is 4.62. The van der Waals surface area contributed by atoms with Crippen molar-refractivity contribution < 1.29 is 17.2 Å². The van der Waals surface area contributed by atoms with Crippen LogP contribution in [0, 0.1) is 5.92 Å². The summed E-state index contributed by atoms with van der Waals surface area (Å²) in [7, 11) is -4.38. The Morgan fingerprint density at radius 1 is 0.457 bits per heavy atom. The Morgan fingerprint density at radius 3 is 1.04 bits per heavy atom. The third-order valence-electron chi connectivity index (χ3n) is 9.74. The first-order chi connectivity index (χ1) is 22.5. The molecule has 0 aliphatic carbocycles. The largest absolute Gasteiger partial charge is 0.397 e. The summed E-state index contributed by atoms with van der Waals surface area (Å²) in [5.74, 6) is 0.0549. The van der Waals surface area contributed by atoms with Crippen molar-refractivity contribution in [2.75, 3.05) is 6.61 Å². The molecule has 5 heteroatoms.